The molecular formula is C15H22N2. The largest absolute Gasteiger partial charge is 0.317 e. The fraction of sp³-hybridized carbons (Fsp3) is 0.533. The first-order valence-corrected chi connectivity index (χ1v) is 6.47. The summed E-state index contributed by atoms with van der Waals surface area (Å²) in [5, 5.41) is 11.8. The van der Waals surface area contributed by atoms with E-state index in [1.54, 1.807) is 0 Å². The number of nitrogens with one attached hydrogen (secondary N) is 1. The van der Waals surface area contributed by atoms with Crippen LogP contribution in [0.5, 0.6) is 0 Å². The molecule has 0 heterocycles. The van der Waals surface area contributed by atoms with E-state index in [-0.39, 0.29) is 0 Å². The van der Waals surface area contributed by atoms with Crippen LogP contribution in [0.15, 0.2) is 30.3 Å². The molecule has 1 atom stereocenters. The van der Waals surface area contributed by atoms with Crippen molar-refractivity contribution in [2.24, 2.45) is 0 Å². The lowest BCUT2D eigenvalue weighted by Crippen LogP contribution is -2.18. The highest BCUT2D eigenvalue weighted by Gasteiger charge is 2.03. The molecule has 0 aromatic heterocycles. The van der Waals surface area contributed by atoms with Gasteiger partial charge in [-0.2, -0.15) is 5.26 Å². The molecule has 1 aromatic rings. The third-order valence-corrected chi connectivity index (χ3v) is 3.01. The van der Waals surface area contributed by atoms with E-state index in [0.717, 1.165) is 25.9 Å². The molecule has 2 heteroatoms. The molecule has 0 radical (unpaired) electrons. The number of nitrogens with zero attached hydrogens (tertiary/aromatic N) is 1. The van der Waals surface area contributed by atoms with Gasteiger partial charge in [0.05, 0.1) is 6.07 Å². The topological polar surface area (TPSA) is 35.8 Å². The zero-order valence-corrected chi connectivity index (χ0v) is 10.7. The first-order chi connectivity index (χ1) is 8.34. The van der Waals surface area contributed by atoms with Crippen molar-refractivity contribution < 1.29 is 0 Å². The van der Waals surface area contributed by atoms with Crippen molar-refractivity contribution in [3.63, 3.8) is 0 Å². The van der Waals surface area contributed by atoms with E-state index < -0.39 is 0 Å². The van der Waals surface area contributed by atoms with Crippen LogP contribution in [-0.4, -0.2) is 13.1 Å². The van der Waals surface area contributed by atoms with Gasteiger partial charge in [-0.1, -0.05) is 37.3 Å². The zero-order valence-electron chi connectivity index (χ0n) is 10.7. The molecule has 1 unspecified atom stereocenters. The quantitative estimate of drug-likeness (QED) is 0.694. The molecule has 0 aliphatic heterocycles. The molecule has 0 aliphatic rings. The van der Waals surface area contributed by atoms with Gasteiger partial charge in [0.1, 0.15) is 0 Å². The summed E-state index contributed by atoms with van der Waals surface area (Å²) in [5.74, 6) is 0.614. The highest BCUT2D eigenvalue weighted by Crippen LogP contribution is 2.17. The first kappa shape index (κ1) is 13.7. The van der Waals surface area contributed by atoms with Crippen LogP contribution in [0.2, 0.25) is 0 Å². The van der Waals surface area contributed by atoms with Crippen LogP contribution in [0.3, 0.4) is 0 Å². The highest BCUT2D eigenvalue weighted by atomic mass is 14.8. The van der Waals surface area contributed by atoms with Crippen LogP contribution < -0.4 is 5.32 Å². The Morgan fingerprint density at radius 2 is 1.94 bits per heavy atom. The van der Waals surface area contributed by atoms with Crippen LogP contribution in [0.25, 0.3) is 0 Å². The first-order valence-electron chi connectivity index (χ1n) is 6.47. The number of unbranched alkanes of at least 4 members (excludes halogenated alkanes) is 2. The average Bonchev–Trinajstić information content (AvgIpc) is 2.38. The average molecular weight is 230 g/mol. The monoisotopic (exact) mass is 230 g/mol. The van der Waals surface area contributed by atoms with E-state index in [1.807, 2.05) is 0 Å². The zero-order chi connectivity index (χ0) is 12.3. The van der Waals surface area contributed by atoms with Gasteiger partial charge in [-0.15, -0.1) is 0 Å². The Bertz CT molecular complexity index is 327. The van der Waals surface area contributed by atoms with Crippen molar-refractivity contribution in [3.05, 3.63) is 35.9 Å². The second-order valence-electron chi connectivity index (χ2n) is 4.47. The summed E-state index contributed by atoms with van der Waals surface area (Å²) in [5.41, 5.74) is 1.42. The van der Waals surface area contributed by atoms with Gasteiger partial charge in [-0.3, -0.25) is 0 Å². The molecule has 0 spiro atoms. The van der Waals surface area contributed by atoms with Crippen LogP contribution in [0.1, 0.15) is 44.1 Å². The summed E-state index contributed by atoms with van der Waals surface area (Å²) in [6.07, 6.45) is 3.97. The van der Waals surface area contributed by atoms with Gasteiger partial charge >= 0.3 is 0 Å². The maximum Gasteiger partial charge on any atom is 0.0621 e. The predicted octanol–water partition coefficient (Wildman–Crippen LogP) is 3.46. The van der Waals surface area contributed by atoms with E-state index in [4.69, 9.17) is 5.26 Å². The summed E-state index contributed by atoms with van der Waals surface area (Å²) < 4.78 is 0. The molecule has 1 N–H and O–H groups in total. The standard InChI is InChI=1S/C15H22N2/c1-14(15-8-4-2-5-9-15)10-13-17-12-7-3-6-11-16/h2,4-5,8-9,14,17H,3,6-7,10,12-13H2,1H3. The third-order valence-electron chi connectivity index (χ3n) is 3.01. The molecule has 0 fully saturated rings. The molecule has 0 saturated carbocycles. The smallest absolute Gasteiger partial charge is 0.0621 e. The van der Waals surface area contributed by atoms with Crippen molar-refractivity contribution in [1.82, 2.24) is 5.32 Å². The van der Waals surface area contributed by atoms with Crippen LogP contribution in [0.4, 0.5) is 0 Å². The van der Waals surface area contributed by atoms with Crippen molar-refractivity contribution in [3.8, 4) is 6.07 Å². The van der Waals surface area contributed by atoms with Crippen molar-refractivity contribution in [2.45, 2.75) is 38.5 Å². The number of benzene rings is 1. The minimum Gasteiger partial charge on any atom is -0.317 e. The molecular weight excluding hydrogens is 208 g/mol. The Morgan fingerprint density at radius 1 is 1.18 bits per heavy atom. The molecule has 92 valence electrons. The fourth-order valence-corrected chi connectivity index (χ4v) is 1.85. The number of rotatable bonds is 8. The molecule has 1 aromatic carbocycles. The molecule has 0 aliphatic carbocycles. The molecule has 1 rings (SSSR count). The third kappa shape index (κ3) is 6.09. The lowest BCUT2D eigenvalue weighted by molar-refractivity contribution is 0.573. The molecule has 0 saturated heterocycles. The lowest BCUT2D eigenvalue weighted by Gasteiger charge is -2.12. The van der Waals surface area contributed by atoms with E-state index in [2.05, 4.69) is 48.6 Å². The van der Waals surface area contributed by atoms with E-state index in [0.29, 0.717) is 12.3 Å². The van der Waals surface area contributed by atoms with Gasteiger partial charge in [0, 0.05) is 6.42 Å². The second-order valence-corrected chi connectivity index (χ2v) is 4.47. The summed E-state index contributed by atoms with van der Waals surface area (Å²) >= 11 is 0. The lowest BCUT2D eigenvalue weighted by atomic mass is 9.98. The van der Waals surface area contributed by atoms with Gasteiger partial charge in [0.15, 0.2) is 0 Å². The van der Waals surface area contributed by atoms with Crippen molar-refractivity contribution >= 4 is 0 Å². The van der Waals surface area contributed by atoms with E-state index >= 15 is 0 Å². The Balaban J connectivity index is 2.05. The predicted molar refractivity (Wildman–Crippen MR) is 71.8 cm³/mol. The Kier molecular flexibility index (Phi) is 7.09. The Hall–Kier alpha value is -1.33. The number of nitriles is 1. The molecule has 2 nitrogen and oxygen atoms in total. The van der Waals surface area contributed by atoms with E-state index in [1.165, 1.54) is 12.0 Å². The number of hydrogen-bond acceptors (Lipinski definition) is 2. The Morgan fingerprint density at radius 3 is 2.65 bits per heavy atom. The fourth-order valence-electron chi connectivity index (χ4n) is 1.85. The van der Waals surface area contributed by atoms with Gasteiger partial charge < -0.3 is 5.32 Å². The van der Waals surface area contributed by atoms with E-state index in [9.17, 15) is 0 Å². The Labute approximate surface area is 105 Å². The molecule has 0 amide bonds. The summed E-state index contributed by atoms with van der Waals surface area (Å²) in [4.78, 5) is 0. The van der Waals surface area contributed by atoms with Gasteiger partial charge in [-0.25, -0.2) is 0 Å². The maximum absolute atomic E-state index is 8.40. The minimum atomic E-state index is 0.614. The minimum absolute atomic E-state index is 0.614. The summed E-state index contributed by atoms with van der Waals surface area (Å²) in [7, 11) is 0. The van der Waals surface area contributed by atoms with Crippen LogP contribution >= 0.6 is 0 Å². The molecule has 17 heavy (non-hydrogen) atoms. The van der Waals surface area contributed by atoms with Crippen LogP contribution in [0, 0.1) is 11.3 Å². The van der Waals surface area contributed by atoms with Gasteiger partial charge in [-0.05, 0) is 43.8 Å². The SMILES string of the molecule is CC(CCNCCCCC#N)c1ccccc1. The van der Waals surface area contributed by atoms with Crippen molar-refractivity contribution in [2.75, 3.05) is 13.1 Å². The summed E-state index contributed by atoms with van der Waals surface area (Å²) in [6.45, 7) is 4.36. The van der Waals surface area contributed by atoms with Crippen LogP contribution in [-0.2, 0) is 0 Å². The van der Waals surface area contributed by atoms with Crippen molar-refractivity contribution in [1.29, 1.82) is 5.26 Å². The highest BCUT2D eigenvalue weighted by molar-refractivity contribution is 5.18. The number of hydrogen-bond donors (Lipinski definition) is 1. The maximum atomic E-state index is 8.40. The second kappa shape index (κ2) is 8.78. The van der Waals surface area contributed by atoms with Gasteiger partial charge in [0.2, 0.25) is 0 Å². The van der Waals surface area contributed by atoms with Gasteiger partial charge in [0.25, 0.3) is 0 Å². The normalized spacial score (nSPS) is 12.0. The molecule has 0 bridgehead atoms. The summed E-state index contributed by atoms with van der Waals surface area (Å²) in [6, 6.07) is 12.8.